The second kappa shape index (κ2) is 6.62. The summed E-state index contributed by atoms with van der Waals surface area (Å²) >= 11 is 0. The van der Waals surface area contributed by atoms with Crippen molar-refractivity contribution in [3.63, 3.8) is 0 Å². The first-order chi connectivity index (χ1) is 9.61. The largest absolute Gasteiger partial charge is 0.316 e. The number of rotatable bonds is 5. The Bertz CT molecular complexity index is 554. The molecule has 0 saturated heterocycles. The van der Waals surface area contributed by atoms with E-state index in [9.17, 15) is 8.78 Å². The first-order valence-corrected chi connectivity index (χ1v) is 6.78. The van der Waals surface area contributed by atoms with Gasteiger partial charge in [-0.15, -0.1) is 0 Å². The van der Waals surface area contributed by atoms with Crippen LogP contribution in [0.1, 0.15) is 24.0 Å². The summed E-state index contributed by atoms with van der Waals surface area (Å²) in [5.41, 5.74) is 2.03. The molecule has 0 saturated carbocycles. The fourth-order valence-corrected chi connectivity index (χ4v) is 2.44. The summed E-state index contributed by atoms with van der Waals surface area (Å²) in [6.07, 6.45) is 0.657. The maximum atomic E-state index is 13.3. The molecule has 0 heterocycles. The fourth-order valence-electron chi connectivity index (χ4n) is 2.44. The lowest BCUT2D eigenvalue weighted by molar-refractivity contribution is 0.476. The van der Waals surface area contributed by atoms with Gasteiger partial charge in [-0.2, -0.15) is 0 Å². The molecule has 2 atom stereocenters. The van der Waals surface area contributed by atoms with Gasteiger partial charge in [0.25, 0.3) is 0 Å². The van der Waals surface area contributed by atoms with E-state index in [1.807, 2.05) is 25.2 Å². The minimum absolute atomic E-state index is 0.169. The molecule has 3 heteroatoms. The first kappa shape index (κ1) is 14.7. The van der Waals surface area contributed by atoms with E-state index < -0.39 is 11.6 Å². The molecule has 0 aromatic heterocycles. The topological polar surface area (TPSA) is 12.0 Å². The van der Waals surface area contributed by atoms with Crippen LogP contribution < -0.4 is 5.32 Å². The zero-order chi connectivity index (χ0) is 14.5. The van der Waals surface area contributed by atoms with Gasteiger partial charge in [-0.3, -0.25) is 0 Å². The van der Waals surface area contributed by atoms with Gasteiger partial charge in [0.05, 0.1) is 0 Å². The molecule has 0 spiro atoms. The van der Waals surface area contributed by atoms with Crippen LogP contribution in [0.3, 0.4) is 0 Å². The molecule has 2 rings (SSSR count). The van der Waals surface area contributed by atoms with Crippen molar-refractivity contribution in [1.82, 2.24) is 5.32 Å². The number of hydrogen-bond acceptors (Lipinski definition) is 1. The van der Waals surface area contributed by atoms with Gasteiger partial charge in [0.2, 0.25) is 0 Å². The number of likely N-dealkylation sites (N-methyl/N-ethyl adjacent to an activating group) is 1. The van der Waals surface area contributed by atoms with Crippen molar-refractivity contribution in [3.8, 4) is 0 Å². The van der Waals surface area contributed by atoms with Gasteiger partial charge in [0.1, 0.15) is 0 Å². The molecular weight excluding hydrogens is 256 g/mol. The Morgan fingerprint density at radius 2 is 1.70 bits per heavy atom. The van der Waals surface area contributed by atoms with Crippen LogP contribution in [0.5, 0.6) is 0 Å². The van der Waals surface area contributed by atoms with E-state index >= 15 is 0 Å². The minimum atomic E-state index is -0.800. The van der Waals surface area contributed by atoms with Gasteiger partial charge in [-0.1, -0.05) is 43.3 Å². The second-order valence-corrected chi connectivity index (χ2v) is 5.05. The molecule has 0 bridgehead atoms. The lowest BCUT2D eigenvalue weighted by Gasteiger charge is -2.24. The molecule has 1 N–H and O–H groups in total. The maximum absolute atomic E-state index is 13.3. The Balaban J connectivity index is 2.14. The third-order valence-corrected chi connectivity index (χ3v) is 3.74. The van der Waals surface area contributed by atoms with Gasteiger partial charge in [-0.25, -0.2) is 8.78 Å². The van der Waals surface area contributed by atoms with Gasteiger partial charge >= 0.3 is 0 Å². The second-order valence-electron chi connectivity index (χ2n) is 5.05. The van der Waals surface area contributed by atoms with Gasteiger partial charge in [0, 0.05) is 6.04 Å². The Kier molecular flexibility index (Phi) is 4.85. The van der Waals surface area contributed by atoms with Crippen molar-refractivity contribution in [2.24, 2.45) is 0 Å². The molecule has 0 radical (unpaired) electrons. The summed E-state index contributed by atoms with van der Waals surface area (Å²) in [7, 11) is 1.89. The standard InChI is InChI=1S/C17H19F2N/c1-12(14-6-4-3-5-7-14)17(20-2)11-13-8-9-15(18)16(19)10-13/h3-10,12,17,20H,11H2,1-2H3. The van der Waals surface area contributed by atoms with Crippen LogP contribution in [0.4, 0.5) is 8.78 Å². The molecule has 2 aromatic carbocycles. The van der Waals surface area contributed by atoms with Gasteiger partial charge in [-0.05, 0) is 42.6 Å². The summed E-state index contributed by atoms with van der Waals surface area (Å²) in [5.74, 6) is -1.30. The predicted molar refractivity (Wildman–Crippen MR) is 77.8 cm³/mol. The Labute approximate surface area is 118 Å². The fraction of sp³-hybridized carbons (Fsp3) is 0.294. The van der Waals surface area contributed by atoms with E-state index in [1.165, 1.54) is 17.7 Å². The highest BCUT2D eigenvalue weighted by Gasteiger charge is 2.18. The summed E-state index contributed by atoms with van der Waals surface area (Å²) in [5, 5.41) is 3.27. The molecule has 20 heavy (non-hydrogen) atoms. The van der Waals surface area contributed by atoms with Crippen molar-refractivity contribution in [3.05, 3.63) is 71.3 Å². The lowest BCUT2D eigenvalue weighted by Crippen LogP contribution is -2.33. The number of nitrogens with one attached hydrogen (secondary N) is 1. The van der Waals surface area contributed by atoms with Gasteiger partial charge in [0.15, 0.2) is 11.6 Å². The summed E-state index contributed by atoms with van der Waals surface area (Å²) in [6.45, 7) is 2.14. The third kappa shape index (κ3) is 3.42. The van der Waals surface area contributed by atoms with Crippen LogP contribution in [-0.2, 0) is 6.42 Å². The summed E-state index contributed by atoms with van der Waals surface area (Å²) in [6, 6.07) is 14.4. The van der Waals surface area contributed by atoms with E-state index in [0.29, 0.717) is 6.42 Å². The predicted octanol–water partition coefficient (Wildman–Crippen LogP) is 3.90. The summed E-state index contributed by atoms with van der Waals surface area (Å²) < 4.78 is 26.2. The van der Waals surface area contributed by atoms with Crippen LogP contribution in [-0.4, -0.2) is 13.1 Å². The Hall–Kier alpha value is -1.74. The van der Waals surface area contributed by atoms with Crippen LogP contribution >= 0.6 is 0 Å². The van der Waals surface area contributed by atoms with Crippen LogP contribution in [0.2, 0.25) is 0 Å². The van der Waals surface area contributed by atoms with Crippen molar-refractivity contribution in [2.75, 3.05) is 7.05 Å². The van der Waals surface area contributed by atoms with E-state index in [2.05, 4.69) is 24.4 Å². The van der Waals surface area contributed by atoms with E-state index in [1.54, 1.807) is 6.07 Å². The smallest absolute Gasteiger partial charge is 0.159 e. The number of benzene rings is 2. The van der Waals surface area contributed by atoms with Crippen LogP contribution in [0.25, 0.3) is 0 Å². The number of hydrogen-bond donors (Lipinski definition) is 1. The van der Waals surface area contributed by atoms with E-state index in [4.69, 9.17) is 0 Å². The molecule has 0 aliphatic rings. The Morgan fingerprint density at radius 1 is 1.00 bits per heavy atom. The lowest BCUT2D eigenvalue weighted by atomic mass is 9.89. The number of halogens is 2. The highest BCUT2D eigenvalue weighted by atomic mass is 19.2. The maximum Gasteiger partial charge on any atom is 0.159 e. The normalized spacial score (nSPS) is 14.0. The van der Waals surface area contributed by atoms with Crippen molar-refractivity contribution in [2.45, 2.75) is 25.3 Å². The zero-order valence-corrected chi connectivity index (χ0v) is 11.7. The highest BCUT2D eigenvalue weighted by molar-refractivity contribution is 5.24. The molecule has 0 fully saturated rings. The highest BCUT2D eigenvalue weighted by Crippen LogP contribution is 2.22. The SMILES string of the molecule is CNC(Cc1ccc(F)c(F)c1)C(C)c1ccccc1. The molecule has 0 aliphatic carbocycles. The summed E-state index contributed by atoms with van der Waals surface area (Å²) in [4.78, 5) is 0. The molecular formula is C17H19F2N. The average Bonchev–Trinajstić information content (AvgIpc) is 2.48. The monoisotopic (exact) mass is 275 g/mol. The Morgan fingerprint density at radius 3 is 2.30 bits per heavy atom. The van der Waals surface area contributed by atoms with Crippen molar-refractivity contribution in [1.29, 1.82) is 0 Å². The first-order valence-electron chi connectivity index (χ1n) is 6.78. The van der Waals surface area contributed by atoms with Crippen LogP contribution in [0, 0.1) is 11.6 Å². The third-order valence-electron chi connectivity index (χ3n) is 3.74. The molecule has 2 aromatic rings. The molecule has 0 amide bonds. The molecule has 2 unspecified atom stereocenters. The van der Waals surface area contributed by atoms with E-state index in [0.717, 1.165) is 5.56 Å². The minimum Gasteiger partial charge on any atom is -0.316 e. The van der Waals surface area contributed by atoms with Crippen molar-refractivity contribution >= 4 is 0 Å². The molecule has 106 valence electrons. The molecule has 1 nitrogen and oxygen atoms in total. The van der Waals surface area contributed by atoms with Gasteiger partial charge < -0.3 is 5.32 Å². The van der Waals surface area contributed by atoms with Crippen molar-refractivity contribution < 1.29 is 8.78 Å². The van der Waals surface area contributed by atoms with Crippen LogP contribution in [0.15, 0.2) is 48.5 Å². The zero-order valence-electron chi connectivity index (χ0n) is 11.7. The van der Waals surface area contributed by atoms with E-state index in [-0.39, 0.29) is 12.0 Å². The molecule has 0 aliphatic heterocycles. The average molecular weight is 275 g/mol. The quantitative estimate of drug-likeness (QED) is 0.872.